The van der Waals surface area contributed by atoms with E-state index in [1.165, 1.54) is 35.2 Å². The maximum absolute atomic E-state index is 13.2. The molecule has 1 N–H and O–H groups in total. The van der Waals surface area contributed by atoms with Gasteiger partial charge in [0.25, 0.3) is 0 Å². The molecule has 1 amide bonds. The van der Waals surface area contributed by atoms with Crippen LogP contribution < -0.4 is 5.32 Å². The molecule has 0 aliphatic heterocycles. The molecule has 0 saturated carbocycles. The molecule has 0 spiro atoms. The summed E-state index contributed by atoms with van der Waals surface area (Å²) in [4.78, 5) is 13.3. The number of amides is 1. The van der Waals surface area contributed by atoms with Crippen molar-refractivity contribution in [3.8, 4) is 5.69 Å². The molecule has 5 nitrogen and oxygen atoms in total. The number of hydrogen-bond donors (Lipinski definition) is 1. The third kappa shape index (κ3) is 5.69. The third-order valence-corrected chi connectivity index (χ3v) is 6.92. The first-order chi connectivity index (χ1) is 15.5. The van der Waals surface area contributed by atoms with Crippen molar-refractivity contribution in [2.45, 2.75) is 23.9 Å². The van der Waals surface area contributed by atoms with E-state index in [1.807, 2.05) is 17.5 Å². The van der Waals surface area contributed by atoms with Gasteiger partial charge in [0.15, 0.2) is 11.0 Å². The van der Waals surface area contributed by atoms with Gasteiger partial charge in [0.2, 0.25) is 5.91 Å². The second-order valence-corrected chi connectivity index (χ2v) is 9.60. The number of carbonyl (C=O) groups excluding carboxylic acids is 1. The molecule has 2 aromatic carbocycles. The predicted octanol–water partition coefficient (Wildman–Crippen LogP) is 5.93. The van der Waals surface area contributed by atoms with Crippen LogP contribution >= 0.6 is 46.3 Å². The predicted molar refractivity (Wildman–Crippen MR) is 127 cm³/mol. The Morgan fingerprint density at radius 2 is 1.94 bits per heavy atom. The first-order valence-electron chi connectivity index (χ1n) is 9.55. The summed E-state index contributed by atoms with van der Waals surface area (Å²) < 4.78 is 15.0. The van der Waals surface area contributed by atoms with Crippen LogP contribution in [-0.4, -0.2) is 20.7 Å². The highest BCUT2D eigenvalue weighted by Crippen LogP contribution is 2.31. The van der Waals surface area contributed by atoms with E-state index in [4.69, 9.17) is 23.2 Å². The van der Waals surface area contributed by atoms with Gasteiger partial charge in [-0.15, -0.1) is 21.5 Å². The van der Waals surface area contributed by atoms with Gasteiger partial charge in [-0.3, -0.25) is 9.36 Å². The fraction of sp³-hybridized carbons (Fsp3) is 0.136. The number of nitrogens with one attached hydrogen (secondary N) is 1. The third-order valence-electron chi connectivity index (χ3n) is 4.49. The number of hydrogen-bond acceptors (Lipinski definition) is 5. The summed E-state index contributed by atoms with van der Waals surface area (Å²) in [7, 11) is 0. The number of nitrogens with zero attached hydrogens (tertiary/aromatic N) is 3. The molecule has 2 aromatic heterocycles. The number of aromatic nitrogens is 3. The van der Waals surface area contributed by atoms with Crippen LogP contribution in [0.1, 0.15) is 16.3 Å². The molecule has 0 atom stereocenters. The van der Waals surface area contributed by atoms with Crippen LogP contribution in [-0.2, 0) is 23.5 Å². The summed E-state index contributed by atoms with van der Waals surface area (Å²) in [5.74, 6) is 0.685. The van der Waals surface area contributed by atoms with Gasteiger partial charge in [-0.1, -0.05) is 53.2 Å². The Kier molecular flexibility index (Phi) is 7.47. The van der Waals surface area contributed by atoms with Gasteiger partial charge in [-0.2, -0.15) is 0 Å². The topological polar surface area (TPSA) is 59.8 Å². The van der Waals surface area contributed by atoms with Gasteiger partial charge >= 0.3 is 0 Å². The van der Waals surface area contributed by atoms with Crippen molar-refractivity contribution in [3.05, 3.63) is 92.1 Å². The molecule has 4 rings (SSSR count). The summed E-state index contributed by atoms with van der Waals surface area (Å²) in [6, 6.07) is 15.2. The smallest absolute Gasteiger partial charge is 0.225 e. The van der Waals surface area contributed by atoms with Gasteiger partial charge in [0.1, 0.15) is 5.82 Å². The Balaban J connectivity index is 1.57. The molecule has 164 valence electrons. The Morgan fingerprint density at radius 3 is 2.69 bits per heavy atom. The van der Waals surface area contributed by atoms with E-state index in [-0.39, 0.29) is 18.3 Å². The Morgan fingerprint density at radius 1 is 1.12 bits per heavy atom. The summed E-state index contributed by atoms with van der Waals surface area (Å²) in [5.41, 5.74) is 1.56. The van der Waals surface area contributed by atoms with Gasteiger partial charge in [-0.05, 0) is 47.3 Å². The van der Waals surface area contributed by atoms with Crippen LogP contribution in [0.5, 0.6) is 0 Å². The molecule has 0 bridgehead atoms. The van der Waals surface area contributed by atoms with Crippen molar-refractivity contribution < 1.29 is 9.18 Å². The second-order valence-electron chi connectivity index (χ2n) is 6.78. The summed E-state index contributed by atoms with van der Waals surface area (Å²) in [5, 5.41) is 15.0. The minimum Gasteiger partial charge on any atom is -0.348 e. The van der Waals surface area contributed by atoms with Crippen molar-refractivity contribution in [1.29, 1.82) is 0 Å². The molecular formula is C22H17Cl2FN4OS2. The molecule has 0 unspecified atom stereocenters. The maximum atomic E-state index is 13.2. The van der Waals surface area contributed by atoms with Crippen molar-refractivity contribution in [2.75, 3.05) is 0 Å². The van der Waals surface area contributed by atoms with E-state index in [1.54, 1.807) is 34.9 Å². The van der Waals surface area contributed by atoms with Crippen LogP contribution in [0.3, 0.4) is 0 Å². The van der Waals surface area contributed by atoms with Crippen molar-refractivity contribution in [1.82, 2.24) is 20.1 Å². The van der Waals surface area contributed by atoms with E-state index in [0.29, 0.717) is 38.9 Å². The van der Waals surface area contributed by atoms with E-state index in [9.17, 15) is 9.18 Å². The molecule has 0 radical (unpaired) electrons. The number of benzene rings is 2. The van der Waals surface area contributed by atoms with Crippen molar-refractivity contribution >= 4 is 52.2 Å². The van der Waals surface area contributed by atoms with Crippen molar-refractivity contribution in [3.63, 3.8) is 0 Å². The average Bonchev–Trinajstić information content (AvgIpc) is 3.43. The van der Waals surface area contributed by atoms with Gasteiger partial charge in [0, 0.05) is 15.7 Å². The lowest BCUT2D eigenvalue weighted by molar-refractivity contribution is -0.120. The van der Waals surface area contributed by atoms with E-state index in [2.05, 4.69) is 15.5 Å². The highest BCUT2D eigenvalue weighted by Gasteiger charge is 2.18. The van der Waals surface area contributed by atoms with Gasteiger partial charge < -0.3 is 5.32 Å². The summed E-state index contributed by atoms with van der Waals surface area (Å²) >= 11 is 15.6. The molecule has 0 fully saturated rings. The Hall–Kier alpha value is -2.39. The number of rotatable bonds is 8. The number of carbonyl (C=O) groups is 1. The average molecular weight is 507 g/mol. The van der Waals surface area contributed by atoms with Crippen LogP contribution in [0.4, 0.5) is 4.39 Å². The zero-order valence-corrected chi connectivity index (χ0v) is 19.7. The number of thiophene rings is 1. The lowest BCUT2D eigenvalue weighted by Gasteiger charge is -2.13. The number of thioether (sulfide) groups is 1. The highest BCUT2D eigenvalue weighted by atomic mass is 35.5. The Bertz CT molecular complexity index is 1210. The minimum absolute atomic E-state index is 0.111. The van der Waals surface area contributed by atoms with E-state index < -0.39 is 0 Å². The Labute approximate surface area is 202 Å². The fourth-order valence-corrected chi connectivity index (χ4v) is 4.94. The normalized spacial score (nSPS) is 11.0. The lowest BCUT2D eigenvalue weighted by Crippen LogP contribution is -2.26. The largest absolute Gasteiger partial charge is 0.348 e. The molecule has 32 heavy (non-hydrogen) atoms. The zero-order chi connectivity index (χ0) is 22.5. The lowest BCUT2D eigenvalue weighted by atomic mass is 10.2. The fourth-order valence-electron chi connectivity index (χ4n) is 2.95. The monoisotopic (exact) mass is 506 g/mol. The summed E-state index contributed by atoms with van der Waals surface area (Å²) in [6.45, 7) is 0.178. The van der Waals surface area contributed by atoms with Crippen LogP contribution in [0.2, 0.25) is 10.0 Å². The van der Waals surface area contributed by atoms with E-state index in [0.717, 1.165) is 10.4 Å². The molecule has 4 aromatic rings. The molecule has 0 aliphatic rings. The second kappa shape index (κ2) is 10.5. The summed E-state index contributed by atoms with van der Waals surface area (Å²) in [6.07, 6.45) is 0.301. The molecule has 10 heteroatoms. The first-order valence-corrected chi connectivity index (χ1v) is 12.2. The first kappa shape index (κ1) is 22.8. The number of halogens is 3. The highest BCUT2D eigenvalue weighted by molar-refractivity contribution is 7.98. The zero-order valence-electron chi connectivity index (χ0n) is 16.6. The quantitative estimate of drug-likeness (QED) is 0.301. The van der Waals surface area contributed by atoms with E-state index >= 15 is 0 Å². The van der Waals surface area contributed by atoms with Gasteiger partial charge in [0.05, 0.1) is 23.7 Å². The van der Waals surface area contributed by atoms with Gasteiger partial charge in [-0.25, -0.2) is 4.39 Å². The van der Waals surface area contributed by atoms with Crippen LogP contribution in [0, 0.1) is 5.82 Å². The standard InChI is InChI=1S/C22H17Cl2FN4OS2/c23-15-5-8-18(24)19(10-15)29-20(12-26-21(30)11-17-2-1-9-31-17)27-28-22(29)32-13-14-3-6-16(25)7-4-14/h1-10H,11-13H2,(H,26,30). The SMILES string of the molecule is O=C(Cc1cccs1)NCc1nnc(SCc2ccc(F)cc2)n1-c1cc(Cl)ccc1Cl. The van der Waals surface area contributed by atoms with Crippen molar-refractivity contribution in [2.24, 2.45) is 0 Å². The minimum atomic E-state index is -0.284. The van der Waals surface area contributed by atoms with Crippen LogP contribution in [0.25, 0.3) is 5.69 Å². The molecular weight excluding hydrogens is 490 g/mol. The molecule has 2 heterocycles. The molecule has 0 saturated heterocycles. The molecule has 0 aliphatic carbocycles. The maximum Gasteiger partial charge on any atom is 0.225 e. The van der Waals surface area contributed by atoms with Crippen LogP contribution in [0.15, 0.2) is 65.1 Å².